The van der Waals surface area contributed by atoms with Gasteiger partial charge in [0.15, 0.2) is 0 Å². The first-order valence-electron chi connectivity index (χ1n) is 8.66. The van der Waals surface area contributed by atoms with Crippen LogP contribution in [0.4, 0.5) is 10.1 Å². The van der Waals surface area contributed by atoms with Gasteiger partial charge in [-0.2, -0.15) is 0 Å². The standard InChI is InChI=1S/C18H26FN3O/c1-21(18(23)17-4-2-3-11-20-17)15-9-12-22(13-10-15)16-7-5-14(19)6-8-16/h5-8,15,17,20H,2-4,9-13H2,1H3. The number of rotatable bonds is 3. The summed E-state index contributed by atoms with van der Waals surface area (Å²) in [4.78, 5) is 16.8. The van der Waals surface area contributed by atoms with E-state index in [0.29, 0.717) is 6.04 Å². The van der Waals surface area contributed by atoms with E-state index in [2.05, 4.69) is 10.2 Å². The Labute approximate surface area is 137 Å². The number of hydrogen-bond acceptors (Lipinski definition) is 3. The van der Waals surface area contributed by atoms with Gasteiger partial charge in [-0.15, -0.1) is 0 Å². The fourth-order valence-electron chi connectivity index (χ4n) is 3.65. The van der Waals surface area contributed by atoms with Gasteiger partial charge in [-0.25, -0.2) is 4.39 Å². The molecule has 126 valence electrons. The zero-order chi connectivity index (χ0) is 16.2. The minimum atomic E-state index is -0.200. The lowest BCUT2D eigenvalue weighted by atomic mass is 9.99. The smallest absolute Gasteiger partial charge is 0.239 e. The molecule has 2 aliphatic rings. The Balaban J connectivity index is 1.53. The summed E-state index contributed by atoms with van der Waals surface area (Å²) in [6, 6.07) is 6.98. The zero-order valence-corrected chi connectivity index (χ0v) is 13.8. The van der Waals surface area contributed by atoms with Crippen molar-refractivity contribution in [3.05, 3.63) is 30.1 Å². The maximum atomic E-state index is 13.0. The summed E-state index contributed by atoms with van der Waals surface area (Å²) in [5.74, 6) is 0.0406. The number of nitrogens with one attached hydrogen (secondary N) is 1. The molecule has 2 aliphatic heterocycles. The van der Waals surface area contributed by atoms with Crippen molar-refractivity contribution in [1.82, 2.24) is 10.2 Å². The number of likely N-dealkylation sites (N-methyl/N-ethyl adjacent to an activating group) is 1. The number of benzene rings is 1. The lowest BCUT2D eigenvalue weighted by Gasteiger charge is -2.39. The van der Waals surface area contributed by atoms with Crippen LogP contribution in [-0.4, -0.2) is 49.6 Å². The molecule has 2 fully saturated rings. The summed E-state index contributed by atoms with van der Waals surface area (Å²) in [6.07, 6.45) is 5.19. The first kappa shape index (κ1) is 16.2. The summed E-state index contributed by atoms with van der Waals surface area (Å²) in [5, 5.41) is 3.34. The third-order valence-electron chi connectivity index (χ3n) is 5.16. The summed E-state index contributed by atoms with van der Waals surface area (Å²) in [6.45, 7) is 2.77. The maximum Gasteiger partial charge on any atom is 0.239 e. The third-order valence-corrected chi connectivity index (χ3v) is 5.16. The molecule has 5 heteroatoms. The minimum absolute atomic E-state index is 0.00359. The predicted octanol–water partition coefficient (Wildman–Crippen LogP) is 2.39. The van der Waals surface area contributed by atoms with Crippen molar-refractivity contribution in [1.29, 1.82) is 0 Å². The van der Waals surface area contributed by atoms with Crippen LogP contribution >= 0.6 is 0 Å². The quantitative estimate of drug-likeness (QED) is 0.929. The van der Waals surface area contributed by atoms with Crippen molar-refractivity contribution in [2.45, 2.75) is 44.2 Å². The van der Waals surface area contributed by atoms with E-state index in [1.807, 2.05) is 24.1 Å². The highest BCUT2D eigenvalue weighted by atomic mass is 19.1. The van der Waals surface area contributed by atoms with Gasteiger partial charge < -0.3 is 15.1 Å². The first-order valence-corrected chi connectivity index (χ1v) is 8.66. The fourth-order valence-corrected chi connectivity index (χ4v) is 3.65. The topological polar surface area (TPSA) is 35.6 Å². The van der Waals surface area contributed by atoms with Gasteiger partial charge in [0.2, 0.25) is 5.91 Å². The molecule has 2 heterocycles. The number of carbonyl (C=O) groups excluding carboxylic acids is 1. The number of amides is 1. The van der Waals surface area contributed by atoms with Gasteiger partial charge in [-0.1, -0.05) is 6.42 Å². The zero-order valence-electron chi connectivity index (χ0n) is 13.8. The molecule has 0 aromatic heterocycles. The van der Waals surface area contributed by atoms with Gasteiger partial charge in [-0.3, -0.25) is 4.79 Å². The molecule has 1 N–H and O–H groups in total. The van der Waals surface area contributed by atoms with Crippen molar-refractivity contribution in [3.8, 4) is 0 Å². The molecule has 0 bridgehead atoms. The molecule has 0 spiro atoms. The number of nitrogens with zero attached hydrogens (tertiary/aromatic N) is 2. The molecule has 1 amide bonds. The maximum absolute atomic E-state index is 13.0. The second-order valence-electron chi connectivity index (χ2n) is 6.65. The Morgan fingerprint density at radius 2 is 1.87 bits per heavy atom. The molecule has 1 aromatic carbocycles. The third kappa shape index (κ3) is 3.83. The average Bonchev–Trinajstić information content (AvgIpc) is 2.62. The molecular weight excluding hydrogens is 293 g/mol. The molecule has 1 aromatic rings. The van der Waals surface area contributed by atoms with Gasteiger partial charge in [0.1, 0.15) is 5.82 Å². The first-order chi connectivity index (χ1) is 11.1. The Bertz CT molecular complexity index is 520. The van der Waals surface area contributed by atoms with Crippen LogP contribution in [0.2, 0.25) is 0 Å². The van der Waals surface area contributed by atoms with E-state index in [1.54, 1.807) is 0 Å². The summed E-state index contributed by atoms with van der Waals surface area (Å²) in [7, 11) is 1.94. The lowest BCUT2D eigenvalue weighted by Crippen LogP contribution is -2.52. The number of piperidine rings is 2. The molecule has 1 unspecified atom stereocenters. The van der Waals surface area contributed by atoms with Gasteiger partial charge in [0.25, 0.3) is 0 Å². The number of hydrogen-bond donors (Lipinski definition) is 1. The highest BCUT2D eigenvalue weighted by molar-refractivity contribution is 5.82. The van der Waals surface area contributed by atoms with Crippen LogP contribution < -0.4 is 10.2 Å². The van der Waals surface area contributed by atoms with E-state index in [0.717, 1.165) is 51.0 Å². The highest BCUT2D eigenvalue weighted by Gasteiger charge is 2.30. The van der Waals surface area contributed by atoms with Crippen molar-refractivity contribution >= 4 is 11.6 Å². The molecule has 0 aliphatic carbocycles. The van der Waals surface area contributed by atoms with Crippen LogP contribution in [0.3, 0.4) is 0 Å². The SMILES string of the molecule is CN(C(=O)C1CCCCN1)C1CCN(c2ccc(F)cc2)CC1. The predicted molar refractivity (Wildman–Crippen MR) is 90.0 cm³/mol. The van der Waals surface area contributed by atoms with Crippen LogP contribution in [0.25, 0.3) is 0 Å². The van der Waals surface area contributed by atoms with Gasteiger partial charge >= 0.3 is 0 Å². The van der Waals surface area contributed by atoms with E-state index >= 15 is 0 Å². The van der Waals surface area contributed by atoms with Crippen molar-refractivity contribution in [3.63, 3.8) is 0 Å². The van der Waals surface area contributed by atoms with Crippen molar-refractivity contribution < 1.29 is 9.18 Å². The normalized spacial score (nSPS) is 22.9. The second-order valence-corrected chi connectivity index (χ2v) is 6.65. The van der Waals surface area contributed by atoms with Gasteiger partial charge in [-0.05, 0) is 56.5 Å². The molecule has 4 nitrogen and oxygen atoms in total. The number of carbonyl (C=O) groups is 1. The van der Waals surface area contributed by atoms with E-state index in [1.165, 1.54) is 18.6 Å². The van der Waals surface area contributed by atoms with Crippen LogP contribution in [0.5, 0.6) is 0 Å². The number of halogens is 1. The lowest BCUT2D eigenvalue weighted by molar-refractivity contribution is -0.135. The molecule has 0 saturated carbocycles. The van der Waals surface area contributed by atoms with Crippen molar-refractivity contribution in [2.24, 2.45) is 0 Å². The Kier molecular flexibility index (Phi) is 5.16. The van der Waals surface area contributed by atoms with E-state index in [4.69, 9.17) is 0 Å². The Morgan fingerprint density at radius 3 is 2.48 bits per heavy atom. The fraction of sp³-hybridized carbons (Fsp3) is 0.611. The van der Waals surface area contributed by atoms with Crippen LogP contribution in [0.1, 0.15) is 32.1 Å². The van der Waals surface area contributed by atoms with Crippen LogP contribution in [0, 0.1) is 5.82 Å². The summed E-state index contributed by atoms with van der Waals surface area (Å²) >= 11 is 0. The molecule has 3 rings (SSSR count). The average molecular weight is 319 g/mol. The molecule has 2 saturated heterocycles. The summed E-state index contributed by atoms with van der Waals surface area (Å²) < 4.78 is 13.0. The summed E-state index contributed by atoms with van der Waals surface area (Å²) in [5.41, 5.74) is 1.06. The second kappa shape index (κ2) is 7.30. The van der Waals surface area contributed by atoms with Gasteiger partial charge in [0.05, 0.1) is 6.04 Å². The Hall–Kier alpha value is -1.62. The molecule has 0 radical (unpaired) electrons. The molecular formula is C18H26FN3O. The van der Waals surface area contributed by atoms with Crippen LogP contribution in [-0.2, 0) is 4.79 Å². The largest absolute Gasteiger partial charge is 0.371 e. The Morgan fingerprint density at radius 1 is 1.17 bits per heavy atom. The van der Waals surface area contributed by atoms with Gasteiger partial charge in [0, 0.05) is 31.9 Å². The molecule has 23 heavy (non-hydrogen) atoms. The van der Waals surface area contributed by atoms with Crippen molar-refractivity contribution in [2.75, 3.05) is 31.6 Å². The van der Waals surface area contributed by atoms with E-state index in [9.17, 15) is 9.18 Å². The van der Waals surface area contributed by atoms with E-state index < -0.39 is 0 Å². The highest BCUT2D eigenvalue weighted by Crippen LogP contribution is 2.23. The molecule has 1 atom stereocenters. The number of anilines is 1. The van der Waals surface area contributed by atoms with E-state index in [-0.39, 0.29) is 17.8 Å². The monoisotopic (exact) mass is 319 g/mol. The minimum Gasteiger partial charge on any atom is -0.371 e. The van der Waals surface area contributed by atoms with Crippen LogP contribution in [0.15, 0.2) is 24.3 Å².